The van der Waals surface area contributed by atoms with Gasteiger partial charge in [0.05, 0.1) is 21.1 Å². The van der Waals surface area contributed by atoms with Gasteiger partial charge in [0.2, 0.25) is 0 Å². The lowest BCUT2D eigenvalue weighted by Crippen LogP contribution is -2.17. The van der Waals surface area contributed by atoms with E-state index in [0.717, 1.165) is 23.7 Å². The third-order valence-corrected chi connectivity index (χ3v) is 3.59. The monoisotopic (exact) mass is 351 g/mol. The molecule has 0 saturated heterocycles. The SMILES string of the molecule is O=C(Nc1ccc([N+](=O)[O-])cc1Cl)c1scnc1C(F)(F)F. The first kappa shape index (κ1) is 16.2. The number of carbonyl (C=O) groups is 1. The van der Waals surface area contributed by atoms with Crippen LogP contribution < -0.4 is 5.32 Å². The minimum atomic E-state index is -4.76. The van der Waals surface area contributed by atoms with Gasteiger partial charge in [-0.15, -0.1) is 11.3 Å². The maximum atomic E-state index is 12.7. The maximum Gasteiger partial charge on any atom is 0.434 e. The Balaban J connectivity index is 2.27. The molecule has 0 aliphatic carbocycles. The summed E-state index contributed by atoms with van der Waals surface area (Å²) in [6.07, 6.45) is -4.76. The number of amides is 1. The lowest BCUT2D eigenvalue weighted by Gasteiger charge is -2.08. The molecule has 0 spiro atoms. The van der Waals surface area contributed by atoms with Crippen molar-refractivity contribution >= 4 is 40.2 Å². The molecule has 0 bridgehead atoms. The predicted octanol–water partition coefficient (Wildman–Crippen LogP) is 3.98. The molecule has 1 heterocycles. The highest BCUT2D eigenvalue weighted by Gasteiger charge is 2.38. The van der Waals surface area contributed by atoms with Crippen LogP contribution in [0.2, 0.25) is 5.02 Å². The second-order valence-electron chi connectivity index (χ2n) is 3.90. The van der Waals surface area contributed by atoms with E-state index < -0.39 is 27.6 Å². The Hall–Kier alpha value is -2.20. The third kappa shape index (κ3) is 3.34. The van der Waals surface area contributed by atoms with Gasteiger partial charge in [0.15, 0.2) is 5.69 Å². The molecule has 22 heavy (non-hydrogen) atoms. The Bertz CT molecular complexity index is 748. The summed E-state index contributed by atoms with van der Waals surface area (Å²) in [7, 11) is 0. The fourth-order valence-corrected chi connectivity index (χ4v) is 2.43. The number of non-ortho nitro benzene ring substituents is 1. The molecule has 116 valence electrons. The number of aromatic nitrogens is 1. The lowest BCUT2D eigenvalue weighted by atomic mass is 10.2. The molecular weight excluding hydrogens is 347 g/mol. The molecule has 2 rings (SSSR count). The van der Waals surface area contributed by atoms with Crippen molar-refractivity contribution in [3.63, 3.8) is 0 Å². The zero-order valence-electron chi connectivity index (χ0n) is 10.3. The van der Waals surface area contributed by atoms with Gasteiger partial charge in [-0.2, -0.15) is 13.2 Å². The van der Waals surface area contributed by atoms with Gasteiger partial charge in [0, 0.05) is 12.1 Å². The number of halogens is 4. The van der Waals surface area contributed by atoms with E-state index in [0.29, 0.717) is 11.3 Å². The highest BCUT2D eigenvalue weighted by molar-refractivity contribution is 7.12. The molecule has 0 atom stereocenters. The number of benzene rings is 1. The minimum Gasteiger partial charge on any atom is -0.320 e. The summed E-state index contributed by atoms with van der Waals surface area (Å²) >= 11 is 6.28. The van der Waals surface area contributed by atoms with Gasteiger partial charge in [-0.25, -0.2) is 4.98 Å². The first-order valence-electron chi connectivity index (χ1n) is 5.46. The van der Waals surface area contributed by atoms with Crippen LogP contribution in [0.15, 0.2) is 23.7 Å². The molecule has 0 unspecified atom stereocenters. The lowest BCUT2D eigenvalue weighted by molar-refractivity contribution is -0.384. The molecule has 1 amide bonds. The summed E-state index contributed by atoms with van der Waals surface area (Å²) in [5, 5.41) is 12.6. The van der Waals surface area contributed by atoms with Crippen LogP contribution in [-0.2, 0) is 6.18 Å². The molecule has 11 heteroatoms. The Morgan fingerprint density at radius 2 is 2.09 bits per heavy atom. The number of rotatable bonds is 3. The van der Waals surface area contributed by atoms with Gasteiger partial charge in [0.25, 0.3) is 11.6 Å². The van der Waals surface area contributed by atoms with Gasteiger partial charge in [-0.05, 0) is 6.07 Å². The average Bonchev–Trinajstić information content (AvgIpc) is 2.90. The summed E-state index contributed by atoms with van der Waals surface area (Å²) < 4.78 is 38.0. The number of nitrogens with one attached hydrogen (secondary N) is 1. The van der Waals surface area contributed by atoms with Crippen LogP contribution in [0.1, 0.15) is 15.4 Å². The molecule has 0 aliphatic rings. The van der Waals surface area contributed by atoms with E-state index in [1.54, 1.807) is 0 Å². The van der Waals surface area contributed by atoms with Crippen LogP contribution in [0.4, 0.5) is 24.5 Å². The summed E-state index contributed by atoms with van der Waals surface area (Å²) in [5.74, 6) is -1.05. The van der Waals surface area contributed by atoms with Gasteiger partial charge in [0.1, 0.15) is 4.88 Å². The number of hydrogen-bond acceptors (Lipinski definition) is 5. The highest BCUT2D eigenvalue weighted by Crippen LogP contribution is 2.33. The zero-order valence-corrected chi connectivity index (χ0v) is 11.9. The fourth-order valence-electron chi connectivity index (χ4n) is 1.51. The largest absolute Gasteiger partial charge is 0.434 e. The normalized spacial score (nSPS) is 11.3. The average molecular weight is 352 g/mol. The Kier molecular flexibility index (Phi) is 4.33. The van der Waals surface area contributed by atoms with Crippen LogP contribution >= 0.6 is 22.9 Å². The number of anilines is 1. The van der Waals surface area contributed by atoms with E-state index in [2.05, 4.69) is 10.3 Å². The summed E-state index contributed by atoms with van der Waals surface area (Å²) in [5.41, 5.74) is -0.751. The van der Waals surface area contributed by atoms with E-state index >= 15 is 0 Å². The number of carbonyl (C=O) groups excluding carboxylic acids is 1. The van der Waals surface area contributed by atoms with Crippen LogP contribution in [0.25, 0.3) is 0 Å². The quantitative estimate of drug-likeness (QED) is 0.669. The number of nitro benzene ring substituents is 1. The number of hydrogen-bond donors (Lipinski definition) is 1. The fraction of sp³-hybridized carbons (Fsp3) is 0.0909. The zero-order chi connectivity index (χ0) is 16.5. The Morgan fingerprint density at radius 3 is 2.64 bits per heavy atom. The summed E-state index contributed by atoms with van der Waals surface area (Å²) in [4.78, 5) is 24.2. The molecule has 2 aromatic rings. The van der Waals surface area contributed by atoms with Crippen LogP contribution in [0.3, 0.4) is 0 Å². The molecule has 6 nitrogen and oxygen atoms in total. The topological polar surface area (TPSA) is 85.1 Å². The number of alkyl halides is 3. The van der Waals surface area contributed by atoms with Crippen molar-refractivity contribution in [2.24, 2.45) is 0 Å². The molecule has 0 radical (unpaired) electrons. The van der Waals surface area contributed by atoms with Crippen LogP contribution in [0.5, 0.6) is 0 Å². The van der Waals surface area contributed by atoms with Crippen molar-refractivity contribution in [1.29, 1.82) is 0 Å². The van der Waals surface area contributed by atoms with Gasteiger partial charge in [-0.1, -0.05) is 11.6 Å². The van der Waals surface area contributed by atoms with E-state index in [-0.39, 0.29) is 16.4 Å². The van der Waals surface area contributed by atoms with Gasteiger partial charge < -0.3 is 5.32 Å². The Labute approximate surface area is 129 Å². The van der Waals surface area contributed by atoms with Crippen molar-refractivity contribution in [3.05, 3.63) is 49.4 Å². The second kappa shape index (κ2) is 5.89. The van der Waals surface area contributed by atoms with Crippen molar-refractivity contribution < 1.29 is 22.9 Å². The Morgan fingerprint density at radius 1 is 1.41 bits per heavy atom. The minimum absolute atomic E-state index is 0.0428. The molecule has 0 fully saturated rings. The highest BCUT2D eigenvalue weighted by atomic mass is 35.5. The summed E-state index contributed by atoms with van der Waals surface area (Å²) in [6, 6.07) is 3.18. The molecule has 0 saturated carbocycles. The summed E-state index contributed by atoms with van der Waals surface area (Å²) in [6.45, 7) is 0. The smallest absolute Gasteiger partial charge is 0.320 e. The van der Waals surface area contributed by atoms with Crippen LogP contribution in [0, 0.1) is 10.1 Å². The maximum absolute atomic E-state index is 12.7. The first-order chi connectivity index (χ1) is 10.2. The third-order valence-electron chi connectivity index (χ3n) is 2.45. The molecule has 1 aromatic heterocycles. The van der Waals surface area contributed by atoms with E-state index in [9.17, 15) is 28.1 Å². The number of nitrogens with zero attached hydrogens (tertiary/aromatic N) is 2. The number of nitro groups is 1. The van der Waals surface area contributed by atoms with E-state index in [1.807, 2.05) is 0 Å². The number of thiazole rings is 1. The molecule has 0 aliphatic heterocycles. The van der Waals surface area contributed by atoms with Crippen molar-refractivity contribution in [1.82, 2.24) is 4.98 Å². The van der Waals surface area contributed by atoms with E-state index in [1.165, 1.54) is 0 Å². The molecular formula is C11H5ClF3N3O3S. The van der Waals surface area contributed by atoms with Crippen molar-refractivity contribution in [2.45, 2.75) is 6.18 Å². The van der Waals surface area contributed by atoms with Gasteiger partial charge >= 0.3 is 6.18 Å². The van der Waals surface area contributed by atoms with Gasteiger partial charge in [-0.3, -0.25) is 14.9 Å². The van der Waals surface area contributed by atoms with E-state index in [4.69, 9.17) is 11.6 Å². The van der Waals surface area contributed by atoms with Crippen LogP contribution in [-0.4, -0.2) is 15.8 Å². The van der Waals surface area contributed by atoms with Crippen molar-refractivity contribution in [2.75, 3.05) is 5.32 Å². The predicted molar refractivity (Wildman–Crippen MR) is 73.2 cm³/mol. The molecule has 1 N–H and O–H groups in total. The first-order valence-corrected chi connectivity index (χ1v) is 6.72. The standard InChI is InChI=1S/C11H5ClF3N3O3S/c12-6-3-5(18(20)21)1-2-7(6)17-10(19)8-9(11(13,14)15)16-4-22-8/h1-4H,(H,17,19). The van der Waals surface area contributed by atoms with Crippen molar-refractivity contribution in [3.8, 4) is 0 Å². The second-order valence-corrected chi connectivity index (χ2v) is 5.17. The molecule has 1 aromatic carbocycles.